The third kappa shape index (κ3) is 5.79. The second-order valence-electron chi connectivity index (χ2n) is 12.3. The smallest absolute Gasteiger partial charge is 0.220 e. The van der Waals surface area contributed by atoms with E-state index in [0.717, 1.165) is 50.1 Å². The number of aromatic nitrogens is 1. The van der Waals surface area contributed by atoms with Crippen LogP contribution in [0.25, 0.3) is 0 Å². The lowest BCUT2D eigenvalue weighted by Crippen LogP contribution is -2.52. The molecule has 3 N–H and O–H groups in total. The number of fused-ring (bicyclic) bond motifs is 1. The molecule has 0 saturated heterocycles. The molecule has 0 bridgehead atoms. The zero-order valence-electron chi connectivity index (χ0n) is 21.0. The van der Waals surface area contributed by atoms with Crippen molar-refractivity contribution in [3.63, 3.8) is 0 Å². The molecule has 184 valence electrons. The van der Waals surface area contributed by atoms with E-state index in [4.69, 9.17) is 0 Å². The molecule has 1 aromatic rings. The van der Waals surface area contributed by atoms with Gasteiger partial charge in [0.15, 0.2) is 0 Å². The summed E-state index contributed by atoms with van der Waals surface area (Å²) in [5.41, 5.74) is 0.698. The van der Waals surface area contributed by atoms with Crippen LogP contribution in [0.15, 0.2) is 24.5 Å². The third-order valence-corrected chi connectivity index (χ3v) is 9.24. The molecule has 4 rings (SSSR count). The van der Waals surface area contributed by atoms with Gasteiger partial charge >= 0.3 is 0 Å². The topological polar surface area (TPSA) is 74.2 Å². The van der Waals surface area contributed by atoms with Crippen molar-refractivity contribution in [2.24, 2.45) is 22.7 Å². The standard InChI is InChI=1S/C28H45N3O2/c1-26(2)17-24(30-19-21-8-5-4-6-9-21)28(14-13-27(3,33)16-23(26)28)12-11-25(32)31-20-22-10-7-15-29-18-22/h7,10,15,18,21,23-24,30,33H,4-6,8-9,11-14,16-17,19-20H2,1-3H3,(H,31,32)/t23-,24-,27-,28-/m0/s1. The van der Waals surface area contributed by atoms with E-state index in [-0.39, 0.29) is 16.7 Å². The number of pyridine rings is 1. The van der Waals surface area contributed by atoms with E-state index < -0.39 is 5.60 Å². The summed E-state index contributed by atoms with van der Waals surface area (Å²) >= 11 is 0. The molecule has 0 radical (unpaired) electrons. The number of hydrogen-bond donors (Lipinski definition) is 3. The molecular weight excluding hydrogens is 410 g/mol. The molecule has 0 spiro atoms. The molecule has 3 aliphatic rings. The Morgan fingerprint density at radius 1 is 1.15 bits per heavy atom. The molecule has 0 unspecified atom stereocenters. The van der Waals surface area contributed by atoms with Gasteiger partial charge in [0.05, 0.1) is 5.60 Å². The van der Waals surface area contributed by atoms with Gasteiger partial charge in [0.1, 0.15) is 0 Å². The summed E-state index contributed by atoms with van der Waals surface area (Å²) in [7, 11) is 0. The van der Waals surface area contributed by atoms with Gasteiger partial charge in [-0.3, -0.25) is 9.78 Å². The van der Waals surface area contributed by atoms with Crippen molar-refractivity contribution in [2.75, 3.05) is 6.54 Å². The summed E-state index contributed by atoms with van der Waals surface area (Å²) < 4.78 is 0. The highest BCUT2D eigenvalue weighted by Gasteiger charge is 2.61. The Balaban J connectivity index is 1.44. The summed E-state index contributed by atoms with van der Waals surface area (Å²) in [5, 5.41) is 18.1. The van der Waals surface area contributed by atoms with Gasteiger partial charge in [0.2, 0.25) is 5.91 Å². The largest absolute Gasteiger partial charge is 0.390 e. The summed E-state index contributed by atoms with van der Waals surface area (Å²) in [6, 6.07) is 4.33. The molecule has 3 aliphatic carbocycles. The monoisotopic (exact) mass is 455 g/mol. The Bertz CT molecular complexity index is 788. The Kier molecular flexibility index (Phi) is 7.50. The SMILES string of the molecule is CC1(C)C[C@H](NCC2CCCCC2)[C@@]2(CCC(=O)NCc3cccnc3)CC[C@](C)(O)C[C@@H]12. The lowest BCUT2D eigenvalue weighted by atomic mass is 9.57. The van der Waals surface area contributed by atoms with E-state index in [2.05, 4.69) is 29.5 Å². The Morgan fingerprint density at radius 2 is 1.94 bits per heavy atom. The first-order valence-corrected chi connectivity index (χ1v) is 13.3. The zero-order valence-corrected chi connectivity index (χ0v) is 21.0. The Morgan fingerprint density at radius 3 is 2.67 bits per heavy atom. The van der Waals surface area contributed by atoms with Gasteiger partial charge in [-0.2, -0.15) is 0 Å². The average Bonchev–Trinajstić information content (AvgIpc) is 3.02. The number of rotatable bonds is 8. The normalized spacial score (nSPS) is 34.1. The first kappa shape index (κ1) is 24.7. The molecule has 1 amide bonds. The minimum atomic E-state index is -0.591. The van der Waals surface area contributed by atoms with Crippen LogP contribution in [-0.4, -0.2) is 34.2 Å². The summed E-state index contributed by atoms with van der Waals surface area (Å²) in [4.78, 5) is 17.0. The number of aliphatic hydroxyl groups is 1. The highest BCUT2D eigenvalue weighted by atomic mass is 16.3. The fourth-order valence-corrected chi connectivity index (χ4v) is 7.35. The second-order valence-corrected chi connectivity index (χ2v) is 12.3. The van der Waals surface area contributed by atoms with Crippen LogP contribution < -0.4 is 10.6 Å². The molecule has 5 heteroatoms. The van der Waals surface area contributed by atoms with Crippen molar-refractivity contribution in [2.45, 2.75) is 110 Å². The average molecular weight is 456 g/mol. The van der Waals surface area contributed by atoms with Crippen LogP contribution in [-0.2, 0) is 11.3 Å². The van der Waals surface area contributed by atoms with Crippen LogP contribution >= 0.6 is 0 Å². The fourth-order valence-electron chi connectivity index (χ4n) is 7.35. The van der Waals surface area contributed by atoms with E-state index in [1.54, 1.807) is 6.20 Å². The van der Waals surface area contributed by atoms with Gasteiger partial charge in [-0.15, -0.1) is 0 Å². The lowest BCUT2D eigenvalue weighted by molar-refractivity contribution is -0.123. The molecule has 0 aliphatic heterocycles. The number of amides is 1. The first-order chi connectivity index (χ1) is 15.7. The molecule has 1 heterocycles. The van der Waals surface area contributed by atoms with Gasteiger partial charge in [-0.25, -0.2) is 0 Å². The Labute approximate surface area is 200 Å². The third-order valence-electron chi connectivity index (χ3n) is 9.24. The van der Waals surface area contributed by atoms with Crippen LogP contribution in [0.5, 0.6) is 0 Å². The van der Waals surface area contributed by atoms with Crippen molar-refractivity contribution >= 4 is 5.91 Å². The quantitative estimate of drug-likeness (QED) is 0.517. The van der Waals surface area contributed by atoms with Crippen LogP contribution in [0.2, 0.25) is 0 Å². The molecule has 33 heavy (non-hydrogen) atoms. The van der Waals surface area contributed by atoms with Crippen LogP contribution in [0.3, 0.4) is 0 Å². The van der Waals surface area contributed by atoms with Gasteiger partial charge in [-0.05, 0) is 92.7 Å². The van der Waals surface area contributed by atoms with Gasteiger partial charge < -0.3 is 15.7 Å². The molecule has 4 atom stereocenters. The number of carbonyl (C=O) groups is 1. The molecule has 1 aromatic heterocycles. The summed E-state index contributed by atoms with van der Waals surface area (Å²) in [5.74, 6) is 1.36. The highest BCUT2D eigenvalue weighted by Crippen LogP contribution is 2.63. The number of nitrogens with zero attached hydrogens (tertiary/aromatic N) is 1. The molecule has 3 saturated carbocycles. The molecule has 3 fully saturated rings. The van der Waals surface area contributed by atoms with Crippen molar-refractivity contribution in [1.82, 2.24) is 15.6 Å². The van der Waals surface area contributed by atoms with E-state index in [9.17, 15) is 9.90 Å². The number of carbonyl (C=O) groups excluding carboxylic acids is 1. The minimum absolute atomic E-state index is 0.0893. The van der Waals surface area contributed by atoms with Crippen molar-refractivity contribution in [1.29, 1.82) is 0 Å². The Hall–Kier alpha value is -1.46. The minimum Gasteiger partial charge on any atom is -0.390 e. The molecule has 0 aromatic carbocycles. The van der Waals surface area contributed by atoms with Crippen molar-refractivity contribution in [3.05, 3.63) is 30.1 Å². The first-order valence-electron chi connectivity index (χ1n) is 13.3. The van der Waals surface area contributed by atoms with E-state index in [1.807, 2.05) is 25.3 Å². The summed E-state index contributed by atoms with van der Waals surface area (Å²) in [6.45, 7) is 8.43. The fraction of sp³-hybridized carbons (Fsp3) is 0.786. The van der Waals surface area contributed by atoms with Crippen molar-refractivity contribution < 1.29 is 9.90 Å². The molecular formula is C28H45N3O2. The second kappa shape index (κ2) is 10.0. The number of nitrogens with one attached hydrogen (secondary N) is 2. The lowest BCUT2D eigenvalue weighted by Gasteiger charge is -2.51. The van der Waals surface area contributed by atoms with Gasteiger partial charge in [0.25, 0.3) is 0 Å². The van der Waals surface area contributed by atoms with E-state index >= 15 is 0 Å². The van der Waals surface area contributed by atoms with E-state index in [0.29, 0.717) is 24.9 Å². The zero-order chi connectivity index (χ0) is 23.5. The molecule has 5 nitrogen and oxygen atoms in total. The van der Waals surface area contributed by atoms with Crippen molar-refractivity contribution in [3.8, 4) is 0 Å². The van der Waals surface area contributed by atoms with Gasteiger partial charge in [0, 0.05) is 31.4 Å². The number of hydrogen-bond acceptors (Lipinski definition) is 4. The maximum absolute atomic E-state index is 12.8. The maximum atomic E-state index is 12.8. The summed E-state index contributed by atoms with van der Waals surface area (Å²) in [6.07, 6.45) is 15.7. The maximum Gasteiger partial charge on any atom is 0.220 e. The predicted molar refractivity (Wildman–Crippen MR) is 132 cm³/mol. The van der Waals surface area contributed by atoms with Gasteiger partial charge in [-0.1, -0.05) is 39.2 Å². The highest BCUT2D eigenvalue weighted by molar-refractivity contribution is 5.75. The van der Waals surface area contributed by atoms with Crippen LogP contribution in [0, 0.1) is 22.7 Å². The van der Waals surface area contributed by atoms with E-state index in [1.165, 1.54) is 32.1 Å². The van der Waals surface area contributed by atoms with Crippen LogP contribution in [0.4, 0.5) is 0 Å². The predicted octanol–water partition coefficient (Wildman–Crippen LogP) is 4.98. The van der Waals surface area contributed by atoms with Crippen LogP contribution in [0.1, 0.15) is 97.0 Å².